The molecule has 13 heavy (non-hydrogen) atoms. The second-order valence-electron chi connectivity index (χ2n) is 2.74. The number of hydrogen-bond acceptors (Lipinski definition) is 3. The molecule has 0 aliphatic carbocycles. The maximum atomic E-state index is 11.2. The first-order valence-corrected chi connectivity index (χ1v) is 4.44. The molecule has 0 amide bonds. The predicted octanol–water partition coefficient (Wildman–Crippen LogP) is 1.82. The summed E-state index contributed by atoms with van der Waals surface area (Å²) >= 11 is 0. The van der Waals surface area contributed by atoms with Crippen molar-refractivity contribution in [2.24, 2.45) is 0 Å². The third-order valence-electron chi connectivity index (χ3n) is 1.68. The zero-order chi connectivity index (χ0) is 9.52. The maximum Gasteiger partial charge on any atom is 0.142 e. The van der Waals surface area contributed by atoms with Crippen molar-refractivity contribution in [1.82, 2.24) is 0 Å². The van der Waals surface area contributed by atoms with Gasteiger partial charge in [0.25, 0.3) is 0 Å². The minimum Gasteiger partial charge on any atom is -0.469 e. The van der Waals surface area contributed by atoms with Gasteiger partial charge in [0.05, 0.1) is 19.3 Å². The number of carbonyl (C=O) groups excluding carboxylic acids is 1. The fraction of sp³-hybridized carbons (Fsp3) is 0.500. The van der Waals surface area contributed by atoms with Gasteiger partial charge in [-0.3, -0.25) is 4.79 Å². The van der Waals surface area contributed by atoms with Crippen LogP contribution in [-0.4, -0.2) is 19.0 Å². The monoisotopic (exact) mass is 182 g/mol. The van der Waals surface area contributed by atoms with Gasteiger partial charge in [-0.2, -0.15) is 0 Å². The Morgan fingerprint density at radius 2 is 2.46 bits per heavy atom. The molecule has 1 rings (SSSR count). The van der Waals surface area contributed by atoms with Crippen molar-refractivity contribution in [3.8, 4) is 0 Å². The largest absolute Gasteiger partial charge is 0.469 e. The van der Waals surface area contributed by atoms with Crippen LogP contribution in [0.3, 0.4) is 0 Å². The first-order chi connectivity index (χ1) is 6.33. The Labute approximate surface area is 77.7 Å². The summed E-state index contributed by atoms with van der Waals surface area (Å²) in [6.45, 7) is 3.08. The first kappa shape index (κ1) is 9.99. The van der Waals surface area contributed by atoms with Crippen LogP contribution in [0.5, 0.6) is 0 Å². The third-order valence-corrected chi connectivity index (χ3v) is 1.68. The summed E-state index contributed by atoms with van der Waals surface area (Å²) in [5.74, 6) is 0.880. The zero-order valence-corrected chi connectivity index (χ0v) is 7.79. The van der Waals surface area contributed by atoms with Gasteiger partial charge in [0, 0.05) is 13.0 Å². The van der Waals surface area contributed by atoms with Gasteiger partial charge in [0.15, 0.2) is 0 Å². The van der Waals surface area contributed by atoms with Gasteiger partial charge in [-0.05, 0) is 19.1 Å². The number of ketones is 1. The summed E-state index contributed by atoms with van der Waals surface area (Å²) in [5, 5.41) is 0. The van der Waals surface area contributed by atoms with Crippen molar-refractivity contribution in [3.63, 3.8) is 0 Å². The first-order valence-electron chi connectivity index (χ1n) is 4.44. The number of hydrogen-bond donors (Lipinski definition) is 0. The van der Waals surface area contributed by atoms with Crippen LogP contribution in [0.4, 0.5) is 0 Å². The van der Waals surface area contributed by atoms with Crippen molar-refractivity contribution in [1.29, 1.82) is 0 Å². The van der Waals surface area contributed by atoms with Gasteiger partial charge in [-0.15, -0.1) is 0 Å². The average molecular weight is 182 g/mol. The Hall–Kier alpha value is -1.09. The second kappa shape index (κ2) is 5.54. The highest BCUT2D eigenvalue weighted by Gasteiger charge is 2.04. The van der Waals surface area contributed by atoms with E-state index in [4.69, 9.17) is 9.15 Å². The van der Waals surface area contributed by atoms with Crippen LogP contribution in [0.1, 0.15) is 19.1 Å². The molecular formula is C10H14O3. The van der Waals surface area contributed by atoms with E-state index in [9.17, 15) is 4.79 Å². The molecule has 0 unspecified atom stereocenters. The van der Waals surface area contributed by atoms with Crippen LogP contribution in [0.15, 0.2) is 22.8 Å². The second-order valence-corrected chi connectivity index (χ2v) is 2.74. The number of furan rings is 1. The van der Waals surface area contributed by atoms with E-state index in [2.05, 4.69) is 0 Å². The van der Waals surface area contributed by atoms with E-state index in [-0.39, 0.29) is 5.78 Å². The number of rotatable bonds is 6. The molecule has 0 saturated carbocycles. The molecule has 0 fully saturated rings. The van der Waals surface area contributed by atoms with Crippen molar-refractivity contribution < 1.29 is 13.9 Å². The third kappa shape index (κ3) is 3.90. The highest BCUT2D eigenvalue weighted by Crippen LogP contribution is 2.02. The lowest BCUT2D eigenvalue weighted by atomic mass is 10.2. The summed E-state index contributed by atoms with van der Waals surface area (Å²) in [6, 6.07) is 3.59. The Kier molecular flexibility index (Phi) is 4.26. The average Bonchev–Trinajstić information content (AvgIpc) is 2.57. The molecule has 3 nitrogen and oxygen atoms in total. The van der Waals surface area contributed by atoms with Gasteiger partial charge >= 0.3 is 0 Å². The van der Waals surface area contributed by atoms with Crippen molar-refractivity contribution in [2.45, 2.75) is 19.8 Å². The number of Topliss-reactive ketones (excluding diaryl/α,β-unsaturated/α-hetero) is 1. The van der Waals surface area contributed by atoms with Crippen molar-refractivity contribution >= 4 is 5.78 Å². The number of ether oxygens (including phenoxy) is 1. The van der Waals surface area contributed by atoms with E-state index in [0.717, 1.165) is 5.76 Å². The lowest BCUT2D eigenvalue weighted by Gasteiger charge is -1.98. The fourth-order valence-electron chi connectivity index (χ4n) is 1.03. The summed E-state index contributed by atoms with van der Waals surface area (Å²) in [4.78, 5) is 11.2. The highest BCUT2D eigenvalue weighted by atomic mass is 16.5. The summed E-state index contributed by atoms with van der Waals surface area (Å²) < 4.78 is 10.1. The van der Waals surface area contributed by atoms with Gasteiger partial charge < -0.3 is 9.15 Å². The van der Waals surface area contributed by atoms with Crippen molar-refractivity contribution in [2.75, 3.05) is 13.2 Å². The van der Waals surface area contributed by atoms with Gasteiger partial charge in [-0.25, -0.2) is 0 Å². The molecule has 0 atom stereocenters. The molecule has 0 bridgehead atoms. The summed E-state index contributed by atoms with van der Waals surface area (Å²) in [6.07, 6.45) is 2.42. The van der Waals surface area contributed by atoms with E-state index >= 15 is 0 Å². The van der Waals surface area contributed by atoms with E-state index < -0.39 is 0 Å². The van der Waals surface area contributed by atoms with Crippen molar-refractivity contribution in [3.05, 3.63) is 24.2 Å². The zero-order valence-electron chi connectivity index (χ0n) is 7.79. The molecule has 1 heterocycles. The molecule has 0 aliphatic rings. The Morgan fingerprint density at radius 3 is 3.08 bits per heavy atom. The topological polar surface area (TPSA) is 39.4 Å². The van der Waals surface area contributed by atoms with Crippen LogP contribution in [-0.2, 0) is 16.0 Å². The van der Waals surface area contributed by atoms with Crippen LogP contribution in [0.25, 0.3) is 0 Å². The molecule has 0 aromatic carbocycles. The molecule has 0 spiro atoms. The molecular weight excluding hydrogens is 168 g/mol. The summed E-state index contributed by atoms with van der Waals surface area (Å²) in [7, 11) is 0. The normalized spacial score (nSPS) is 10.2. The molecule has 1 aromatic rings. The predicted molar refractivity (Wildman–Crippen MR) is 48.5 cm³/mol. The van der Waals surface area contributed by atoms with Gasteiger partial charge in [0.2, 0.25) is 0 Å². The van der Waals surface area contributed by atoms with E-state index in [0.29, 0.717) is 26.1 Å². The van der Waals surface area contributed by atoms with Crippen LogP contribution < -0.4 is 0 Å². The van der Waals surface area contributed by atoms with Crippen LogP contribution in [0, 0.1) is 0 Å². The molecule has 0 N–H and O–H groups in total. The maximum absolute atomic E-state index is 11.2. The lowest BCUT2D eigenvalue weighted by molar-refractivity contribution is -0.119. The smallest absolute Gasteiger partial charge is 0.142 e. The standard InChI is InChI=1S/C10H14O3/c1-2-12-7-5-9(11)8-10-4-3-6-13-10/h3-4,6H,2,5,7-8H2,1H3. The molecule has 3 heteroatoms. The lowest BCUT2D eigenvalue weighted by Crippen LogP contribution is -2.06. The van der Waals surface area contributed by atoms with Crippen LogP contribution >= 0.6 is 0 Å². The van der Waals surface area contributed by atoms with E-state index in [1.807, 2.05) is 6.92 Å². The van der Waals surface area contributed by atoms with E-state index in [1.165, 1.54) is 0 Å². The van der Waals surface area contributed by atoms with E-state index in [1.54, 1.807) is 18.4 Å². The summed E-state index contributed by atoms with van der Waals surface area (Å²) in [5.41, 5.74) is 0. The van der Waals surface area contributed by atoms with Gasteiger partial charge in [0.1, 0.15) is 11.5 Å². The molecule has 72 valence electrons. The SMILES string of the molecule is CCOCCC(=O)Cc1ccco1. The fourth-order valence-corrected chi connectivity index (χ4v) is 1.03. The van der Waals surface area contributed by atoms with Crippen LogP contribution in [0.2, 0.25) is 0 Å². The number of carbonyl (C=O) groups is 1. The quantitative estimate of drug-likeness (QED) is 0.630. The highest BCUT2D eigenvalue weighted by molar-refractivity contribution is 5.80. The van der Waals surface area contributed by atoms with Gasteiger partial charge in [-0.1, -0.05) is 0 Å². The Bertz CT molecular complexity index is 239. The molecule has 0 saturated heterocycles. The minimum absolute atomic E-state index is 0.156. The molecule has 1 aromatic heterocycles. The molecule has 0 radical (unpaired) electrons. The Balaban J connectivity index is 2.18. The Morgan fingerprint density at radius 1 is 1.62 bits per heavy atom. The molecule has 0 aliphatic heterocycles. The minimum atomic E-state index is 0.156.